The van der Waals surface area contributed by atoms with Gasteiger partial charge in [-0.2, -0.15) is 0 Å². The minimum absolute atomic E-state index is 0.0247. The predicted molar refractivity (Wildman–Crippen MR) is 114 cm³/mol. The second kappa shape index (κ2) is 9.31. The Balaban J connectivity index is 1.32. The zero-order valence-electron chi connectivity index (χ0n) is 17.3. The zero-order chi connectivity index (χ0) is 21.8. The van der Waals surface area contributed by atoms with Gasteiger partial charge in [-0.05, 0) is 74.7 Å². The molecule has 3 aromatic rings. The Labute approximate surface area is 180 Å². The maximum atomic E-state index is 13.1. The van der Waals surface area contributed by atoms with Crippen molar-refractivity contribution < 1.29 is 23.1 Å². The molecule has 1 aromatic heterocycles. The molecule has 2 atom stereocenters. The summed E-state index contributed by atoms with van der Waals surface area (Å²) in [5.74, 6) is 0.456. The van der Waals surface area contributed by atoms with Crippen LogP contribution in [0.15, 0.2) is 52.9 Å². The van der Waals surface area contributed by atoms with Gasteiger partial charge in [-0.25, -0.2) is 14.2 Å². The fourth-order valence-electron chi connectivity index (χ4n) is 3.67. The molecule has 1 heterocycles. The van der Waals surface area contributed by atoms with E-state index >= 15 is 0 Å². The molecule has 2 unspecified atom stereocenters. The minimum Gasteiger partial charge on any atom is -0.459 e. The van der Waals surface area contributed by atoms with Gasteiger partial charge in [0.25, 0.3) is 0 Å². The lowest BCUT2D eigenvalue weighted by atomic mass is 9.95. The van der Waals surface area contributed by atoms with Crippen LogP contribution in [0.25, 0.3) is 11.5 Å². The maximum absolute atomic E-state index is 13.1. The van der Waals surface area contributed by atoms with Gasteiger partial charge in [-0.1, -0.05) is 0 Å². The normalized spacial score (nSPS) is 18.6. The Morgan fingerprint density at radius 2 is 1.84 bits per heavy atom. The molecule has 0 aliphatic heterocycles. The first-order chi connectivity index (χ1) is 15.0. The number of aromatic nitrogens is 1. The van der Waals surface area contributed by atoms with E-state index in [1.54, 1.807) is 36.4 Å². The van der Waals surface area contributed by atoms with Gasteiger partial charge in [0.2, 0.25) is 5.89 Å². The van der Waals surface area contributed by atoms with Crippen LogP contribution < -0.4 is 5.73 Å². The number of benzene rings is 2. The predicted octanol–water partition coefficient (Wildman–Crippen LogP) is 5.06. The molecule has 0 spiro atoms. The van der Waals surface area contributed by atoms with Crippen LogP contribution in [-0.2, 0) is 16.1 Å². The molecule has 0 saturated heterocycles. The number of anilines is 1. The van der Waals surface area contributed by atoms with Gasteiger partial charge in [0.05, 0.1) is 18.3 Å². The van der Waals surface area contributed by atoms with E-state index in [2.05, 4.69) is 4.98 Å². The lowest BCUT2D eigenvalue weighted by molar-refractivity contribution is -0.0368. The lowest BCUT2D eigenvalue weighted by Crippen LogP contribution is -2.30. The number of hydrogen-bond acceptors (Lipinski definition) is 6. The molecule has 1 aliphatic carbocycles. The average molecular weight is 424 g/mol. The van der Waals surface area contributed by atoms with Crippen molar-refractivity contribution in [3.05, 3.63) is 71.4 Å². The highest BCUT2D eigenvalue weighted by Crippen LogP contribution is 2.27. The van der Waals surface area contributed by atoms with Crippen LogP contribution in [0, 0.1) is 12.7 Å². The van der Waals surface area contributed by atoms with E-state index in [1.807, 2.05) is 6.92 Å². The number of aryl methyl sites for hydroxylation is 1. The Hall–Kier alpha value is -3.19. The number of rotatable bonds is 6. The number of nitrogen functional groups attached to an aromatic ring is 1. The van der Waals surface area contributed by atoms with E-state index in [4.69, 9.17) is 19.6 Å². The zero-order valence-corrected chi connectivity index (χ0v) is 17.3. The van der Waals surface area contributed by atoms with E-state index < -0.39 is 0 Å². The van der Waals surface area contributed by atoms with Crippen molar-refractivity contribution in [3.63, 3.8) is 0 Å². The van der Waals surface area contributed by atoms with Crippen molar-refractivity contribution >= 4 is 11.7 Å². The summed E-state index contributed by atoms with van der Waals surface area (Å²) in [4.78, 5) is 16.9. The molecule has 0 radical (unpaired) electrons. The summed E-state index contributed by atoms with van der Waals surface area (Å²) in [6.07, 6.45) is 3.07. The van der Waals surface area contributed by atoms with Crippen LogP contribution in [0.2, 0.25) is 0 Å². The first kappa shape index (κ1) is 21.1. The Morgan fingerprint density at radius 3 is 2.58 bits per heavy atom. The monoisotopic (exact) mass is 424 g/mol. The van der Waals surface area contributed by atoms with Crippen molar-refractivity contribution in [3.8, 4) is 11.5 Å². The Bertz CT molecular complexity index is 1030. The second-order valence-electron chi connectivity index (χ2n) is 7.78. The molecule has 1 fully saturated rings. The third kappa shape index (κ3) is 5.30. The SMILES string of the molecule is Cc1oc(-c2ccc(F)cc2)nc1COC1CCCC(OC(=O)c2ccc(N)cc2)C1. The summed E-state index contributed by atoms with van der Waals surface area (Å²) in [7, 11) is 0. The van der Waals surface area contributed by atoms with Gasteiger partial charge < -0.3 is 19.6 Å². The molecule has 0 amide bonds. The fraction of sp³-hybridized carbons (Fsp3) is 0.333. The maximum Gasteiger partial charge on any atom is 0.338 e. The highest BCUT2D eigenvalue weighted by atomic mass is 19.1. The van der Waals surface area contributed by atoms with Crippen LogP contribution in [-0.4, -0.2) is 23.2 Å². The number of carbonyl (C=O) groups is 1. The molecule has 1 aliphatic rings. The first-order valence-electron chi connectivity index (χ1n) is 10.4. The van der Waals surface area contributed by atoms with Gasteiger partial charge in [-0.3, -0.25) is 0 Å². The van der Waals surface area contributed by atoms with Crippen molar-refractivity contribution in [1.82, 2.24) is 4.98 Å². The lowest BCUT2D eigenvalue weighted by Gasteiger charge is -2.28. The number of oxazole rings is 1. The van der Waals surface area contributed by atoms with E-state index in [-0.39, 0.29) is 24.0 Å². The molecular formula is C24H25FN2O4. The molecule has 2 N–H and O–H groups in total. The van der Waals surface area contributed by atoms with Crippen LogP contribution in [0.4, 0.5) is 10.1 Å². The van der Waals surface area contributed by atoms with Crippen LogP contribution in [0.5, 0.6) is 0 Å². The average Bonchev–Trinajstić information content (AvgIpc) is 3.14. The van der Waals surface area contributed by atoms with Crippen molar-refractivity contribution in [2.75, 3.05) is 5.73 Å². The number of hydrogen-bond donors (Lipinski definition) is 1. The van der Waals surface area contributed by atoms with Crippen molar-refractivity contribution in [2.24, 2.45) is 0 Å². The van der Waals surface area contributed by atoms with Crippen molar-refractivity contribution in [1.29, 1.82) is 0 Å². The summed E-state index contributed by atoms with van der Waals surface area (Å²) in [6.45, 7) is 2.14. The smallest absolute Gasteiger partial charge is 0.338 e. The quantitative estimate of drug-likeness (QED) is 0.440. The third-order valence-electron chi connectivity index (χ3n) is 5.44. The molecule has 1 saturated carbocycles. The van der Waals surface area contributed by atoms with Gasteiger partial charge in [0.15, 0.2) is 0 Å². The van der Waals surface area contributed by atoms with Gasteiger partial charge in [0.1, 0.15) is 23.4 Å². The van der Waals surface area contributed by atoms with Gasteiger partial charge in [-0.15, -0.1) is 0 Å². The second-order valence-corrected chi connectivity index (χ2v) is 7.78. The van der Waals surface area contributed by atoms with Crippen molar-refractivity contribution in [2.45, 2.75) is 51.4 Å². The third-order valence-corrected chi connectivity index (χ3v) is 5.44. The topological polar surface area (TPSA) is 87.6 Å². The highest BCUT2D eigenvalue weighted by molar-refractivity contribution is 5.89. The molecule has 4 rings (SSSR count). The highest BCUT2D eigenvalue weighted by Gasteiger charge is 2.26. The summed E-state index contributed by atoms with van der Waals surface area (Å²) in [6, 6.07) is 12.7. The Morgan fingerprint density at radius 1 is 1.13 bits per heavy atom. The standard InChI is InChI=1S/C24H25FN2O4/c1-15-22(27-23(30-15)16-5-9-18(25)10-6-16)14-29-20-3-2-4-21(13-20)31-24(28)17-7-11-19(26)12-8-17/h5-12,20-21H,2-4,13-14,26H2,1H3. The number of carbonyl (C=O) groups excluding carboxylic acids is 1. The van der Waals surface area contributed by atoms with E-state index in [9.17, 15) is 9.18 Å². The number of halogens is 1. The minimum atomic E-state index is -0.345. The van der Waals surface area contributed by atoms with E-state index in [0.717, 1.165) is 19.3 Å². The summed E-state index contributed by atoms with van der Waals surface area (Å²) < 4.78 is 30.6. The number of nitrogens with two attached hydrogens (primary N) is 1. The molecule has 162 valence electrons. The summed E-state index contributed by atoms with van der Waals surface area (Å²) in [5.41, 5.74) is 8.18. The molecule has 0 bridgehead atoms. The fourth-order valence-corrected chi connectivity index (χ4v) is 3.67. The van der Waals surface area contributed by atoms with Crippen LogP contribution in [0.1, 0.15) is 47.5 Å². The molecule has 2 aromatic carbocycles. The van der Waals surface area contributed by atoms with Crippen LogP contribution >= 0.6 is 0 Å². The number of nitrogens with zero attached hydrogens (tertiary/aromatic N) is 1. The van der Waals surface area contributed by atoms with E-state index in [1.165, 1.54) is 12.1 Å². The Kier molecular flexibility index (Phi) is 6.32. The molecular weight excluding hydrogens is 399 g/mol. The largest absolute Gasteiger partial charge is 0.459 e. The number of ether oxygens (including phenoxy) is 2. The van der Waals surface area contributed by atoms with E-state index in [0.29, 0.717) is 47.2 Å². The first-order valence-corrected chi connectivity index (χ1v) is 10.4. The van der Waals surface area contributed by atoms with Gasteiger partial charge in [0, 0.05) is 17.7 Å². The molecule has 7 heteroatoms. The summed E-state index contributed by atoms with van der Waals surface area (Å²) >= 11 is 0. The number of esters is 1. The van der Waals surface area contributed by atoms with Crippen LogP contribution in [0.3, 0.4) is 0 Å². The van der Waals surface area contributed by atoms with Gasteiger partial charge >= 0.3 is 5.97 Å². The summed E-state index contributed by atoms with van der Waals surface area (Å²) in [5, 5.41) is 0. The molecule has 6 nitrogen and oxygen atoms in total. The molecule has 31 heavy (non-hydrogen) atoms.